The molecule has 3 amide bonds. The van der Waals surface area contributed by atoms with Crippen molar-refractivity contribution in [3.05, 3.63) is 65.7 Å². The Kier molecular flexibility index (Phi) is 11.3. The van der Waals surface area contributed by atoms with Gasteiger partial charge in [0, 0.05) is 6.42 Å². The molecule has 0 aliphatic carbocycles. The van der Waals surface area contributed by atoms with E-state index in [1.54, 1.807) is 39.8 Å². The summed E-state index contributed by atoms with van der Waals surface area (Å²) in [4.78, 5) is 50.8. The number of phenols is 1. The average molecular weight is 527 g/mol. The molecule has 38 heavy (non-hydrogen) atoms. The summed E-state index contributed by atoms with van der Waals surface area (Å²) in [6, 6.07) is 11.2. The topological polar surface area (TPSA) is 171 Å². The number of carboxylic acid groups (broad SMARTS) is 1. The van der Waals surface area contributed by atoms with Gasteiger partial charge in [-0.05, 0) is 41.5 Å². The monoisotopic (exact) mass is 526 g/mol. The molecule has 0 saturated carbocycles. The number of carbonyl (C=O) groups is 4. The normalized spacial score (nSPS) is 14.3. The first-order valence-electron chi connectivity index (χ1n) is 12.6. The zero-order chi connectivity index (χ0) is 28.4. The number of carboxylic acids is 1. The van der Waals surface area contributed by atoms with E-state index in [9.17, 15) is 29.4 Å². The standard InChI is InChI=1S/C28H38N4O6/c1-16(2)23(26(35)30-22(28(37)38)15-19-10-12-20(33)13-11-19)32-27(36)24(17(3)4)31-25(34)21(29)14-18-8-6-5-7-9-18/h5-13,16-17,21-24,33H,14-15,29H2,1-4H3,(H,30,35)(H,31,34)(H,32,36)(H,37,38)/t21-,22+,23-,24+/m0/s1. The van der Waals surface area contributed by atoms with Crippen LogP contribution >= 0.6 is 0 Å². The predicted molar refractivity (Wildman–Crippen MR) is 143 cm³/mol. The summed E-state index contributed by atoms with van der Waals surface area (Å²) >= 11 is 0. The SMILES string of the molecule is CC(C)[C@H](NC(=O)[C@H](NC(=O)[C@@H](N)Cc1ccccc1)C(C)C)C(=O)N[C@H](Cc1ccc(O)cc1)C(=O)O. The molecule has 0 bridgehead atoms. The Bertz CT molecular complexity index is 1090. The summed E-state index contributed by atoms with van der Waals surface area (Å²) in [5.74, 6) is -3.59. The molecule has 206 valence electrons. The van der Waals surface area contributed by atoms with E-state index >= 15 is 0 Å². The van der Waals surface area contributed by atoms with Crippen molar-refractivity contribution < 1.29 is 29.4 Å². The van der Waals surface area contributed by atoms with Crippen LogP contribution in [0.5, 0.6) is 5.75 Å². The molecule has 2 aromatic rings. The number of amides is 3. The first kappa shape index (κ1) is 30.3. The van der Waals surface area contributed by atoms with E-state index in [1.165, 1.54) is 12.1 Å². The highest BCUT2D eigenvalue weighted by atomic mass is 16.4. The number of benzene rings is 2. The Hall–Kier alpha value is -3.92. The van der Waals surface area contributed by atoms with Crippen molar-refractivity contribution in [2.75, 3.05) is 0 Å². The Morgan fingerprint density at radius 1 is 0.711 bits per heavy atom. The van der Waals surface area contributed by atoms with E-state index in [0.717, 1.165) is 5.56 Å². The smallest absolute Gasteiger partial charge is 0.326 e. The molecular weight excluding hydrogens is 488 g/mol. The van der Waals surface area contributed by atoms with Crippen LogP contribution in [0.4, 0.5) is 0 Å². The lowest BCUT2D eigenvalue weighted by Gasteiger charge is -2.28. The van der Waals surface area contributed by atoms with E-state index in [0.29, 0.717) is 12.0 Å². The summed E-state index contributed by atoms with van der Waals surface area (Å²) in [5, 5.41) is 27.0. The maximum atomic E-state index is 13.2. The van der Waals surface area contributed by atoms with Gasteiger partial charge in [-0.3, -0.25) is 14.4 Å². The minimum atomic E-state index is -1.25. The molecule has 0 radical (unpaired) electrons. The number of phenolic OH excluding ortho intramolecular Hbond substituents is 1. The van der Waals surface area contributed by atoms with Crippen molar-refractivity contribution in [1.82, 2.24) is 16.0 Å². The summed E-state index contributed by atoms with van der Waals surface area (Å²) < 4.78 is 0. The number of aromatic hydroxyl groups is 1. The molecule has 10 nitrogen and oxygen atoms in total. The fourth-order valence-electron chi connectivity index (χ4n) is 3.86. The summed E-state index contributed by atoms with van der Waals surface area (Å²) in [7, 11) is 0. The van der Waals surface area contributed by atoms with Gasteiger partial charge in [-0.15, -0.1) is 0 Å². The highest BCUT2D eigenvalue weighted by Gasteiger charge is 2.33. The van der Waals surface area contributed by atoms with Crippen molar-refractivity contribution in [2.24, 2.45) is 17.6 Å². The van der Waals surface area contributed by atoms with E-state index in [1.807, 2.05) is 30.3 Å². The third-order valence-corrected chi connectivity index (χ3v) is 6.12. The van der Waals surface area contributed by atoms with E-state index in [-0.39, 0.29) is 24.0 Å². The van der Waals surface area contributed by atoms with Gasteiger partial charge in [0.2, 0.25) is 17.7 Å². The minimum Gasteiger partial charge on any atom is -0.508 e. The minimum absolute atomic E-state index is 0.00983. The molecule has 0 unspecified atom stereocenters. The fourth-order valence-corrected chi connectivity index (χ4v) is 3.86. The third kappa shape index (κ3) is 9.19. The number of hydrogen-bond acceptors (Lipinski definition) is 6. The third-order valence-electron chi connectivity index (χ3n) is 6.12. The van der Waals surface area contributed by atoms with Crippen LogP contribution < -0.4 is 21.7 Å². The van der Waals surface area contributed by atoms with Gasteiger partial charge in [-0.2, -0.15) is 0 Å². The number of nitrogens with two attached hydrogens (primary N) is 1. The number of carbonyl (C=O) groups excluding carboxylic acids is 3. The van der Waals surface area contributed by atoms with Gasteiger partial charge in [0.1, 0.15) is 23.9 Å². The summed E-state index contributed by atoms with van der Waals surface area (Å²) in [5.41, 5.74) is 7.57. The van der Waals surface area contributed by atoms with Gasteiger partial charge in [0.15, 0.2) is 0 Å². The Morgan fingerprint density at radius 2 is 1.18 bits per heavy atom. The van der Waals surface area contributed by atoms with Crippen LogP contribution in [0.15, 0.2) is 54.6 Å². The van der Waals surface area contributed by atoms with E-state index in [4.69, 9.17) is 5.73 Å². The van der Waals surface area contributed by atoms with Crippen LogP contribution in [0.25, 0.3) is 0 Å². The Morgan fingerprint density at radius 3 is 1.68 bits per heavy atom. The van der Waals surface area contributed by atoms with Gasteiger partial charge < -0.3 is 31.9 Å². The lowest BCUT2D eigenvalue weighted by atomic mass is 9.98. The number of hydrogen-bond donors (Lipinski definition) is 6. The molecule has 0 saturated heterocycles. The number of nitrogens with one attached hydrogen (secondary N) is 3. The second kappa shape index (κ2) is 14.1. The van der Waals surface area contributed by atoms with Crippen LogP contribution in [0.1, 0.15) is 38.8 Å². The Labute approximate surface area is 223 Å². The predicted octanol–water partition coefficient (Wildman–Crippen LogP) is 1.36. The molecule has 0 aromatic heterocycles. The second-order valence-electron chi connectivity index (χ2n) is 10.0. The molecule has 0 aliphatic heterocycles. The molecule has 10 heteroatoms. The molecule has 0 aliphatic rings. The molecule has 4 atom stereocenters. The molecule has 0 fully saturated rings. The number of aliphatic carboxylic acids is 1. The molecule has 0 heterocycles. The van der Waals surface area contributed by atoms with Gasteiger partial charge in [0.25, 0.3) is 0 Å². The lowest BCUT2D eigenvalue weighted by Crippen LogP contribution is -2.59. The molecule has 0 spiro atoms. The highest BCUT2D eigenvalue weighted by molar-refractivity contribution is 5.94. The van der Waals surface area contributed by atoms with E-state index in [2.05, 4.69) is 16.0 Å². The fraction of sp³-hybridized carbons (Fsp3) is 0.429. The average Bonchev–Trinajstić information content (AvgIpc) is 2.86. The maximum absolute atomic E-state index is 13.2. The zero-order valence-electron chi connectivity index (χ0n) is 22.2. The molecule has 2 rings (SSSR count). The zero-order valence-corrected chi connectivity index (χ0v) is 22.2. The van der Waals surface area contributed by atoms with Crippen LogP contribution in [-0.2, 0) is 32.0 Å². The van der Waals surface area contributed by atoms with Crippen molar-refractivity contribution >= 4 is 23.7 Å². The Balaban J connectivity index is 2.07. The molecule has 7 N–H and O–H groups in total. The lowest BCUT2D eigenvalue weighted by molar-refractivity contribution is -0.142. The van der Waals surface area contributed by atoms with Gasteiger partial charge in [-0.1, -0.05) is 70.2 Å². The summed E-state index contributed by atoms with van der Waals surface area (Å²) in [6.45, 7) is 6.96. The summed E-state index contributed by atoms with van der Waals surface area (Å²) in [6.07, 6.45) is 0.290. The van der Waals surface area contributed by atoms with Gasteiger partial charge in [-0.25, -0.2) is 4.79 Å². The van der Waals surface area contributed by atoms with Crippen LogP contribution in [0, 0.1) is 11.8 Å². The second-order valence-corrected chi connectivity index (χ2v) is 10.0. The highest BCUT2D eigenvalue weighted by Crippen LogP contribution is 2.13. The van der Waals surface area contributed by atoms with Gasteiger partial charge >= 0.3 is 5.97 Å². The van der Waals surface area contributed by atoms with Crippen molar-refractivity contribution in [3.8, 4) is 5.75 Å². The van der Waals surface area contributed by atoms with Crippen LogP contribution in [-0.4, -0.2) is 58.1 Å². The van der Waals surface area contributed by atoms with Gasteiger partial charge in [0.05, 0.1) is 6.04 Å². The van der Waals surface area contributed by atoms with Crippen molar-refractivity contribution in [1.29, 1.82) is 0 Å². The first-order chi connectivity index (χ1) is 17.9. The van der Waals surface area contributed by atoms with Crippen LogP contribution in [0.3, 0.4) is 0 Å². The van der Waals surface area contributed by atoms with Crippen LogP contribution in [0.2, 0.25) is 0 Å². The van der Waals surface area contributed by atoms with E-state index < -0.39 is 47.9 Å². The number of rotatable bonds is 13. The van der Waals surface area contributed by atoms with Crippen molar-refractivity contribution in [2.45, 2.75) is 64.7 Å². The maximum Gasteiger partial charge on any atom is 0.326 e. The first-order valence-corrected chi connectivity index (χ1v) is 12.6. The molecule has 2 aromatic carbocycles. The molecular formula is C28H38N4O6. The van der Waals surface area contributed by atoms with Crippen molar-refractivity contribution in [3.63, 3.8) is 0 Å². The quantitative estimate of drug-likeness (QED) is 0.229. The largest absolute Gasteiger partial charge is 0.508 e.